The van der Waals surface area contributed by atoms with Crippen molar-refractivity contribution in [1.82, 2.24) is 0 Å². The molecule has 0 aliphatic carbocycles. The van der Waals surface area contributed by atoms with Crippen LogP contribution in [0.5, 0.6) is 23.0 Å². The van der Waals surface area contributed by atoms with Gasteiger partial charge < -0.3 is 48.8 Å². The van der Waals surface area contributed by atoms with Crippen LogP contribution < -0.4 is 18.9 Å². The van der Waals surface area contributed by atoms with E-state index in [2.05, 4.69) is 0 Å². The fourth-order valence-electron chi connectivity index (χ4n) is 3.74. The minimum absolute atomic E-state index is 0.0155. The molecule has 0 saturated carbocycles. The molecule has 0 aromatic heterocycles. The maximum absolute atomic E-state index is 11.6. The van der Waals surface area contributed by atoms with Crippen LogP contribution in [0.25, 0.3) is 0 Å². The number of carbonyl (C=O) groups is 1. The zero-order valence-electron chi connectivity index (χ0n) is 21.0. The van der Waals surface area contributed by atoms with E-state index in [0.29, 0.717) is 17.1 Å². The van der Waals surface area contributed by atoms with Gasteiger partial charge in [0, 0.05) is 19.1 Å². The van der Waals surface area contributed by atoms with E-state index >= 15 is 0 Å². The number of aliphatic hydroxyl groups is 3. The first-order chi connectivity index (χ1) is 17.2. The molecule has 2 aromatic carbocycles. The lowest BCUT2D eigenvalue weighted by Crippen LogP contribution is -2.50. The number of hydrogen-bond donors (Lipinski definition) is 4. The first-order valence-corrected chi connectivity index (χ1v) is 11.1. The minimum atomic E-state index is -1.13. The summed E-state index contributed by atoms with van der Waals surface area (Å²) in [7, 11) is 5.71. The third-order valence-corrected chi connectivity index (χ3v) is 5.59. The Kier molecular flexibility index (Phi) is 11.2. The highest BCUT2D eigenvalue weighted by Crippen LogP contribution is 2.49. The van der Waals surface area contributed by atoms with Gasteiger partial charge in [-0.25, -0.2) is 4.79 Å². The number of aliphatic hydroxyl groups excluding tert-OH is 3. The number of ether oxygens (including phenoxy) is 6. The molecule has 4 atom stereocenters. The van der Waals surface area contributed by atoms with Gasteiger partial charge in [-0.3, -0.25) is 0 Å². The molecule has 1 heterocycles. The van der Waals surface area contributed by atoms with Crippen molar-refractivity contribution in [2.24, 2.45) is 0 Å². The van der Waals surface area contributed by atoms with Crippen molar-refractivity contribution in [2.45, 2.75) is 44.6 Å². The lowest BCUT2D eigenvalue weighted by molar-refractivity contribution is -0.248. The van der Waals surface area contributed by atoms with Gasteiger partial charge in [-0.2, -0.15) is 0 Å². The summed E-state index contributed by atoms with van der Waals surface area (Å²) in [6.45, 7) is 1.60. The maximum atomic E-state index is 11.6. The van der Waals surface area contributed by atoms with E-state index in [1.807, 2.05) is 30.3 Å². The largest absolute Gasteiger partial charge is 0.492 e. The second-order valence-electron chi connectivity index (χ2n) is 7.82. The van der Waals surface area contributed by atoms with Gasteiger partial charge in [0.2, 0.25) is 11.5 Å². The van der Waals surface area contributed by atoms with Gasteiger partial charge in [0.05, 0.1) is 34.0 Å². The monoisotopic (exact) mass is 510 g/mol. The molecule has 2 unspecified atom stereocenters. The molecule has 200 valence electrons. The highest BCUT2D eigenvalue weighted by atomic mass is 16.7. The Morgan fingerprint density at radius 2 is 1.58 bits per heavy atom. The molecule has 4 N–H and O–H groups in total. The average Bonchev–Trinajstić information content (AvgIpc) is 2.88. The SMILES string of the molecule is CO[C@@H]1CC(O)[C@H](O)C(CO)O1.COc1c(C)c(C(=O)O)c(OC)c(OC)c1OCc1ccccc1. The van der Waals surface area contributed by atoms with Crippen molar-refractivity contribution in [3.8, 4) is 23.0 Å². The summed E-state index contributed by atoms with van der Waals surface area (Å²) in [6.07, 6.45) is -2.98. The number of rotatable bonds is 9. The Morgan fingerprint density at radius 3 is 2.08 bits per heavy atom. The molecule has 1 saturated heterocycles. The van der Waals surface area contributed by atoms with Gasteiger partial charge in [0.25, 0.3) is 0 Å². The van der Waals surface area contributed by atoms with E-state index in [9.17, 15) is 20.1 Å². The van der Waals surface area contributed by atoms with E-state index in [-0.39, 0.29) is 36.7 Å². The van der Waals surface area contributed by atoms with Gasteiger partial charge in [0.15, 0.2) is 17.8 Å². The average molecular weight is 511 g/mol. The summed E-state index contributed by atoms with van der Waals surface area (Å²) in [6, 6.07) is 9.59. The molecule has 1 aliphatic rings. The fraction of sp³-hybridized carbons (Fsp3) is 0.480. The van der Waals surface area contributed by atoms with Gasteiger partial charge in [0.1, 0.15) is 24.4 Å². The van der Waals surface area contributed by atoms with E-state index in [0.717, 1.165) is 5.56 Å². The Bertz CT molecular complexity index is 980. The molecule has 1 aliphatic heterocycles. The van der Waals surface area contributed by atoms with E-state index < -0.39 is 30.6 Å². The molecule has 1 fully saturated rings. The van der Waals surface area contributed by atoms with Crippen LogP contribution in [0.3, 0.4) is 0 Å². The van der Waals surface area contributed by atoms with Gasteiger partial charge >= 0.3 is 5.97 Å². The molecule has 2 aromatic rings. The summed E-state index contributed by atoms with van der Waals surface area (Å²) in [5.41, 5.74) is 1.35. The molecule has 11 nitrogen and oxygen atoms in total. The quantitative estimate of drug-likeness (QED) is 0.390. The number of carboxylic acid groups (broad SMARTS) is 1. The summed E-state index contributed by atoms with van der Waals surface area (Å²) in [5.74, 6) is -0.223. The van der Waals surface area contributed by atoms with E-state index in [4.69, 9.17) is 33.5 Å². The standard InChI is InChI=1S/C18H20O6.C7H14O5/c1-11-13(18(19)20)15(22-3)16(23-4)17(14(11)21-2)24-10-12-8-6-5-7-9-12;1-11-6-2-4(9)7(10)5(3-8)12-6/h5-9H,10H2,1-4H3,(H,19,20);4-10H,2-3H2,1H3/t;4?,5?,6-,7-/m.0/s1. The molecule has 0 radical (unpaired) electrons. The molecule has 0 amide bonds. The van der Waals surface area contributed by atoms with Crippen LogP contribution in [-0.2, 0) is 16.1 Å². The third kappa shape index (κ3) is 6.77. The molecule has 3 rings (SSSR count). The smallest absolute Gasteiger partial charge is 0.340 e. The Labute approximate surface area is 209 Å². The van der Waals surface area contributed by atoms with Crippen molar-refractivity contribution in [2.75, 3.05) is 35.0 Å². The topological polar surface area (TPSA) is 153 Å². The summed E-state index contributed by atoms with van der Waals surface area (Å²) in [4.78, 5) is 11.6. The van der Waals surface area contributed by atoms with Gasteiger partial charge in [-0.05, 0) is 12.5 Å². The van der Waals surface area contributed by atoms with Crippen molar-refractivity contribution in [1.29, 1.82) is 0 Å². The molecule has 11 heteroatoms. The molecule has 36 heavy (non-hydrogen) atoms. The summed E-state index contributed by atoms with van der Waals surface area (Å²) in [5, 5.41) is 36.7. The Morgan fingerprint density at radius 1 is 0.972 bits per heavy atom. The van der Waals surface area contributed by atoms with Crippen LogP contribution in [0.4, 0.5) is 0 Å². The number of carboxylic acids is 1. The van der Waals surface area contributed by atoms with Crippen molar-refractivity contribution < 1.29 is 53.6 Å². The zero-order valence-corrected chi connectivity index (χ0v) is 21.0. The highest BCUT2D eigenvalue weighted by molar-refractivity contribution is 5.96. The first-order valence-electron chi connectivity index (χ1n) is 11.1. The van der Waals surface area contributed by atoms with Crippen LogP contribution in [0.15, 0.2) is 30.3 Å². The highest BCUT2D eigenvalue weighted by Gasteiger charge is 2.36. The van der Waals surface area contributed by atoms with Crippen LogP contribution in [0.1, 0.15) is 27.9 Å². The van der Waals surface area contributed by atoms with Crippen LogP contribution in [-0.4, -0.2) is 86.0 Å². The molecule has 0 bridgehead atoms. The Balaban J connectivity index is 0.000000319. The number of aromatic carboxylic acids is 1. The Hall–Kier alpha value is -3.09. The van der Waals surface area contributed by atoms with Gasteiger partial charge in [-0.15, -0.1) is 0 Å². The molecule has 0 spiro atoms. The van der Waals surface area contributed by atoms with Crippen LogP contribution in [0.2, 0.25) is 0 Å². The van der Waals surface area contributed by atoms with Crippen molar-refractivity contribution in [3.63, 3.8) is 0 Å². The number of benzene rings is 2. The van der Waals surface area contributed by atoms with Crippen LogP contribution in [0, 0.1) is 6.92 Å². The van der Waals surface area contributed by atoms with E-state index in [1.54, 1.807) is 6.92 Å². The minimum Gasteiger partial charge on any atom is -0.492 e. The second kappa shape index (κ2) is 13.9. The lowest BCUT2D eigenvalue weighted by Gasteiger charge is -2.35. The summed E-state index contributed by atoms with van der Waals surface area (Å²) < 4.78 is 31.8. The van der Waals surface area contributed by atoms with Gasteiger partial charge in [-0.1, -0.05) is 30.3 Å². The van der Waals surface area contributed by atoms with Crippen molar-refractivity contribution in [3.05, 3.63) is 47.0 Å². The molecular formula is C25H34O11. The van der Waals surface area contributed by atoms with Crippen LogP contribution >= 0.6 is 0 Å². The van der Waals surface area contributed by atoms with E-state index in [1.165, 1.54) is 28.4 Å². The number of methoxy groups -OCH3 is 4. The predicted octanol–water partition coefficient (Wildman–Crippen LogP) is 1.76. The molecular weight excluding hydrogens is 476 g/mol. The van der Waals surface area contributed by atoms with Crippen molar-refractivity contribution >= 4 is 5.97 Å². The maximum Gasteiger partial charge on any atom is 0.340 e. The first kappa shape index (κ1) is 29.1. The second-order valence-corrected chi connectivity index (χ2v) is 7.82. The normalized spacial score (nSPS) is 21.1. The third-order valence-electron chi connectivity index (χ3n) is 5.59. The predicted molar refractivity (Wildman–Crippen MR) is 128 cm³/mol. The fourth-order valence-corrected chi connectivity index (χ4v) is 3.74. The zero-order chi connectivity index (χ0) is 26.8. The lowest BCUT2D eigenvalue weighted by atomic mass is 10.0. The summed E-state index contributed by atoms with van der Waals surface area (Å²) >= 11 is 0. The number of hydrogen-bond acceptors (Lipinski definition) is 10.